The van der Waals surface area contributed by atoms with Gasteiger partial charge in [-0.3, -0.25) is 14.4 Å². The Morgan fingerprint density at radius 1 is 1.21 bits per heavy atom. The molecule has 2 aromatic heterocycles. The number of nitrogens with one attached hydrogen (secondary N) is 2. The Labute approximate surface area is 241 Å². The number of rotatable bonds is 12. The van der Waals surface area contributed by atoms with Crippen LogP contribution in [-0.4, -0.2) is 64.2 Å². The van der Waals surface area contributed by atoms with Crippen molar-refractivity contribution < 1.29 is 27.9 Å². The minimum atomic E-state index is -1.05. The molecule has 0 spiro atoms. The van der Waals surface area contributed by atoms with Crippen LogP contribution in [0.15, 0.2) is 47.4 Å². The van der Waals surface area contributed by atoms with Gasteiger partial charge in [0.1, 0.15) is 17.6 Å². The van der Waals surface area contributed by atoms with Gasteiger partial charge in [0.25, 0.3) is 5.56 Å². The average Bonchev–Trinajstić information content (AvgIpc) is 3.73. The van der Waals surface area contributed by atoms with E-state index in [4.69, 9.17) is 0 Å². The number of aromatic nitrogens is 3. The third-order valence-electron chi connectivity index (χ3n) is 7.03. The van der Waals surface area contributed by atoms with E-state index in [-0.39, 0.29) is 30.1 Å². The number of hydrogen-bond acceptors (Lipinski definition) is 6. The topological polar surface area (TPSA) is 128 Å². The SMILES string of the molecule is COC(=O)NC(CC/C=C/C(=O)N(C)C)C(=O)Nc1cccn(Cc2nc3cc(F)c(F)cc3n2CCC2CC2)c1=O. The smallest absolute Gasteiger partial charge is 0.407 e. The molecule has 0 bridgehead atoms. The maximum absolute atomic E-state index is 14.1. The molecule has 11 nitrogen and oxygen atoms in total. The quantitative estimate of drug-likeness (QED) is 0.314. The van der Waals surface area contributed by atoms with Crippen LogP contribution in [0, 0.1) is 17.6 Å². The first kappa shape index (κ1) is 30.4. The Hall–Kier alpha value is -4.55. The van der Waals surface area contributed by atoms with Crippen molar-refractivity contribution in [2.24, 2.45) is 5.92 Å². The van der Waals surface area contributed by atoms with Crippen molar-refractivity contribution >= 4 is 34.6 Å². The third-order valence-corrected chi connectivity index (χ3v) is 7.03. The van der Waals surface area contributed by atoms with Crippen LogP contribution in [0.2, 0.25) is 0 Å². The predicted octanol–water partition coefficient (Wildman–Crippen LogP) is 3.41. The lowest BCUT2D eigenvalue weighted by molar-refractivity contribution is -0.123. The molecule has 0 aliphatic heterocycles. The summed E-state index contributed by atoms with van der Waals surface area (Å²) >= 11 is 0. The second-order valence-electron chi connectivity index (χ2n) is 10.4. The van der Waals surface area contributed by atoms with Crippen molar-refractivity contribution in [1.82, 2.24) is 24.3 Å². The number of amides is 3. The van der Waals surface area contributed by atoms with Crippen molar-refractivity contribution in [2.45, 2.75) is 51.2 Å². The summed E-state index contributed by atoms with van der Waals surface area (Å²) in [5, 5.41) is 5.02. The molecule has 1 aromatic carbocycles. The zero-order chi connectivity index (χ0) is 30.4. The maximum Gasteiger partial charge on any atom is 0.407 e. The van der Waals surface area contributed by atoms with E-state index >= 15 is 0 Å². The molecule has 1 aliphatic carbocycles. The van der Waals surface area contributed by atoms with Gasteiger partial charge in [-0.25, -0.2) is 18.6 Å². The van der Waals surface area contributed by atoms with Crippen LogP contribution in [0.25, 0.3) is 11.0 Å². The number of anilines is 1. The van der Waals surface area contributed by atoms with E-state index in [0.717, 1.165) is 38.5 Å². The summed E-state index contributed by atoms with van der Waals surface area (Å²) in [6.07, 6.45) is 7.19. The normalized spacial score (nSPS) is 13.7. The number of likely N-dealkylation sites (N-methyl/N-ethyl adjacent to an activating group) is 1. The molecule has 1 atom stereocenters. The zero-order valence-electron chi connectivity index (χ0n) is 23.7. The molecular weight excluding hydrogens is 550 g/mol. The van der Waals surface area contributed by atoms with E-state index in [0.29, 0.717) is 30.2 Å². The van der Waals surface area contributed by atoms with Crippen molar-refractivity contribution in [3.8, 4) is 0 Å². The summed E-state index contributed by atoms with van der Waals surface area (Å²) < 4.78 is 35.8. The van der Waals surface area contributed by atoms with E-state index in [9.17, 15) is 28.0 Å². The number of ether oxygens (including phenoxy) is 1. The lowest BCUT2D eigenvalue weighted by Crippen LogP contribution is -2.44. The van der Waals surface area contributed by atoms with Crippen LogP contribution in [0.1, 0.15) is 37.9 Å². The van der Waals surface area contributed by atoms with Crippen LogP contribution >= 0.6 is 0 Å². The molecule has 1 unspecified atom stereocenters. The molecule has 42 heavy (non-hydrogen) atoms. The summed E-state index contributed by atoms with van der Waals surface area (Å²) in [7, 11) is 4.38. The van der Waals surface area contributed by atoms with Gasteiger partial charge in [0.2, 0.25) is 11.8 Å². The number of aryl methyl sites for hydroxylation is 1. The number of alkyl carbamates (subject to hydrolysis) is 1. The number of carbonyl (C=O) groups excluding carboxylic acids is 3. The molecule has 3 aromatic rings. The molecule has 1 fully saturated rings. The maximum atomic E-state index is 14.1. The number of allylic oxidation sites excluding steroid dienone is 1. The van der Waals surface area contributed by atoms with Gasteiger partial charge >= 0.3 is 6.09 Å². The van der Waals surface area contributed by atoms with E-state index in [1.165, 1.54) is 27.8 Å². The van der Waals surface area contributed by atoms with Crippen molar-refractivity contribution in [2.75, 3.05) is 26.5 Å². The zero-order valence-corrected chi connectivity index (χ0v) is 23.7. The highest BCUT2D eigenvalue weighted by Gasteiger charge is 2.24. The first-order valence-electron chi connectivity index (χ1n) is 13.6. The summed E-state index contributed by atoms with van der Waals surface area (Å²) in [6, 6.07) is 4.12. The van der Waals surface area contributed by atoms with E-state index in [1.54, 1.807) is 30.8 Å². The number of carbonyl (C=O) groups is 3. The fourth-order valence-corrected chi connectivity index (χ4v) is 4.45. The van der Waals surface area contributed by atoms with Gasteiger partial charge in [-0.05, 0) is 43.4 Å². The second-order valence-corrected chi connectivity index (χ2v) is 10.4. The molecule has 1 saturated carbocycles. The molecular formula is C29H34F2N6O5. The molecule has 224 valence electrons. The monoisotopic (exact) mass is 584 g/mol. The highest BCUT2D eigenvalue weighted by Crippen LogP contribution is 2.33. The van der Waals surface area contributed by atoms with Gasteiger partial charge in [0, 0.05) is 39.0 Å². The van der Waals surface area contributed by atoms with Crippen LogP contribution in [0.3, 0.4) is 0 Å². The molecule has 3 amide bonds. The predicted molar refractivity (Wildman–Crippen MR) is 152 cm³/mol. The fourth-order valence-electron chi connectivity index (χ4n) is 4.45. The highest BCUT2D eigenvalue weighted by molar-refractivity contribution is 5.96. The summed E-state index contributed by atoms with van der Waals surface area (Å²) in [5.74, 6) is -1.82. The Kier molecular flexibility index (Phi) is 9.71. The molecule has 2 heterocycles. The Morgan fingerprint density at radius 3 is 2.64 bits per heavy atom. The Bertz CT molecular complexity index is 1560. The second kappa shape index (κ2) is 13.4. The lowest BCUT2D eigenvalue weighted by atomic mass is 10.1. The van der Waals surface area contributed by atoms with Gasteiger partial charge < -0.3 is 29.4 Å². The minimum Gasteiger partial charge on any atom is -0.453 e. The van der Waals surface area contributed by atoms with Crippen molar-refractivity contribution in [3.63, 3.8) is 0 Å². The molecule has 13 heteroatoms. The number of pyridine rings is 1. The molecule has 0 radical (unpaired) electrons. The number of fused-ring (bicyclic) bond motifs is 1. The summed E-state index contributed by atoms with van der Waals surface area (Å²) in [4.78, 5) is 55.9. The summed E-state index contributed by atoms with van der Waals surface area (Å²) in [5.41, 5.74) is 0.169. The van der Waals surface area contributed by atoms with E-state index in [1.807, 2.05) is 0 Å². The minimum absolute atomic E-state index is 0.000331. The van der Waals surface area contributed by atoms with Gasteiger partial charge in [-0.1, -0.05) is 18.9 Å². The highest BCUT2D eigenvalue weighted by atomic mass is 19.2. The van der Waals surface area contributed by atoms with Crippen molar-refractivity contribution in [1.29, 1.82) is 0 Å². The van der Waals surface area contributed by atoms with Crippen LogP contribution in [-0.2, 0) is 27.4 Å². The third kappa shape index (κ3) is 7.59. The lowest BCUT2D eigenvalue weighted by Gasteiger charge is -2.17. The first-order valence-corrected chi connectivity index (χ1v) is 13.6. The number of benzene rings is 1. The molecule has 2 N–H and O–H groups in total. The number of imidazole rings is 1. The van der Waals surface area contributed by atoms with Gasteiger partial charge in [0.15, 0.2) is 11.6 Å². The molecule has 0 saturated heterocycles. The largest absolute Gasteiger partial charge is 0.453 e. The van der Waals surface area contributed by atoms with Crippen LogP contribution in [0.5, 0.6) is 0 Å². The first-order chi connectivity index (χ1) is 20.1. The van der Waals surface area contributed by atoms with Crippen LogP contribution in [0.4, 0.5) is 19.3 Å². The van der Waals surface area contributed by atoms with E-state index in [2.05, 4.69) is 20.4 Å². The van der Waals surface area contributed by atoms with Gasteiger partial charge in [-0.15, -0.1) is 0 Å². The Balaban J connectivity index is 1.53. The van der Waals surface area contributed by atoms with Crippen LogP contribution < -0.4 is 16.2 Å². The van der Waals surface area contributed by atoms with E-state index < -0.39 is 35.2 Å². The summed E-state index contributed by atoms with van der Waals surface area (Å²) in [6.45, 7) is 0.544. The van der Waals surface area contributed by atoms with Gasteiger partial charge in [0.05, 0.1) is 24.7 Å². The number of methoxy groups -OCH3 is 1. The van der Waals surface area contributed by atoms with Crippen molar-refractivity contribution in [3.05, 3.63) is 70.4 Å². The van der Waals surface area contributed by atoms with Gasteiger partial charge in [-0.2, -0.15) is 0 Å². The number of nitrogens with zero attached hydrogens (tertiary/aromatic N) is 4. The standard InChI is InChI=1S/C29H34F2N6O5/c1-35(2)26(38)9-5-4-7-21(34-29(41)42-3)27(39)33-22-8-6-13-36(28(22)40)17-25-32-23-15-19(30)20(31)16-24(23)37(25)14-12-18-10-11-18/h5-6,8-9,13,15-16,18,21H,4,7,10-12,14,17H2,1-3H3,(H,33,39)(H,34,41)/b9-5+. The fraction of sp³-hybridized carbons (Fsp3) is 0.414. The Morgan fingerprint density at radius 2 is 1.95 bits per heavy atom. The molecule has 4 rings (SSSR count). The number of hydrogen-bond donors (Lipinski definition) is 2. The average molecular weight is 585 g/mol. The number of halogens is 2. The molecule has 1 aliphatic rings.